The van der Waals surface area contributed by atoms with Crippen LogP contribution in [0.25, 0.3) is 0 Å². The SMILES string of the molecule is Cc1cccc(OCCN(C)C(=O)c2ccc(NC(N)=O)cc2)c1. The highest BCUT2D eigenvalue weighted by Crippen LogP contribution is 2.13. The highest BCUT2D eigenvalue weighted by atomic mass is 16.5. The second kappa shape index (κ2) is 8.01. The van der Waals surface area contributed by atoms with Gasteiger partial charge in [-0.25, -0.2) is 4.79 Å². The number of carbonyl (C=O) groups excluding carboxylic acids is 2. The fraction of sp³-hybridized carbons (Fsp3) is 0.222. The Kier molecular flexibility index (Phi) is 5.78. The molecule has 0 bridgehead atoms. The number of nitrogens with zero attached hydrogens (tertiary/aromatic N) is 1. The van der Waals surface area contributed by atoms with Crippen LogP contribution in [0.5, 0.6) is 5.75 Å². The molecule has 0 unspecified atom stereocenters. The summed E-state index contributed by atoms with van der Waals surface area (Å²) in [5.41, 5.74) is 7.25. The zero-order valence-corrected chi connectivity index (χ0v) is 13.8. The maximum absolute atomic E-state index is 12.3. The molecule has 0 fully saturated rings. The largest absolute Gasteiger partial charge is 0.492 e. The zero-order valence-electron chi connectivity index (χ0n) is 13.8. The lowest BCUT2D eigenvalue weighted by molar-refractivity contribution is 0.0774. The number of carbonyl (C=O) groups is 2. The van der Waals surface area contributed by atoms with Gasteiger partial charge in [0.25, 0.3) is 5.91 Å². The molecule has 0 spiro atoms. The first-order valence-corrected chi connectivity index (χ1v) is 7.57. The molecule has 3 amide bonds. The van der Waals surface area contributed by atoms with Gasteiger partial charge in [-0.05, 0) is 48.9 Å². The molecule has 2 aromatic rings. The third-order valence-electron chi connectivity index (χ3n) is 3.43. The molecule has 0 heterocycles. The van der Waals surface area contributed by atoms with Gasteiger partial charge in [-0.15, -0.1) is 0 Å². The predicted octanol–water partition coefficient (Wildman–Crippen LogP) is 2.64. The number of aryl methyl sites for hydroxylation is 1. The number of primary amides is 1. The van der Waals surface area contributed by atoms with Crippen molar-refractivity contribution in [1.29, 1.82) is 0 Å². The van der Waals surface area contributed by atoms with E-state index in [4.69, 9.17) is 10.5 Å². The highest BCUT2D eigenvalue weighted by Gasteiger charge is 2.11. The average molecular weight is 327 g/mol. The van der Waals surface area contributed by atoms with E-state index in [0.29, 0.717) is 24.4 Å². The Hall–Kier alpha value is -3.02. The van der Waals surface area contributed by atoms with Crippen molar-refractivity contribution in [3.63, 3.8) is 0 Å². The second-order valence-corrected chi connectivity index (χ2v) is 5.46. The van der Waals surface area contributed by atoms with Crippen molar-refractivity contribution < 1.29 is 14.3 Å². The van der Waals surface area contributed by atoms with Gasteiger partial charge in [-0.2, -0.15) is 0 Å². The molecule has 0 saturated carbocycles. The van der Waals surface area contributed by atoms with E-state index in [1.165, 1.54) is 0 Å². The Morgan fingerprint density at radius 3 is 2.50 bits per heavy atom. The van der Waals surface area contributed by atoms with E-state index in [1.54, 1.807) is 36.2 Å². The standard InChI is InChI=1S/C18H21N3O3/c1-13-4-3-5-16(12-13)24-11-10-21(2)17(22)14-6-8-15(9-7-14)20-18(19)23/h3-9,12H,10-11H2,1-2H3,(H3,19,20,23). The van der Waals surface area contributed by atoms with Crippen molar-refractivity contribution in [2.45, 2.75) is 6.92 Å². The summed E-state index contributed by atoms with van der Waals surface area (Å²) in [4.78, 5) is 24.7. The highest BCUT2D eigenvalue weighted by molar-refractivity contribution is 5.95. The van der Waals surface area contributed by atoms with E-state index in [1.807, 2.05) is 31.2 Å². The molecule has 24 heavy (non-hydrogen) atoms. The smallest absolute Gasteiger partial charge is 0.316 e. The van der Waals surface area contributed by atoms with Crippen LogP contribution in [0.4, 0.5) is 10.5 Å². The Balaban J connectivity index is 1.86. The lowest BCUT2D eigenvalue weighted by Crippen LogP contribution is -2.30. The molecule has 0 aliphatic carbocycles. The quantitative estimate of drug-likeness (QED) is 0.855. The second-order valence-electron chi connectivity index (χ2n) is 5.46. The van der Waals surface area contributed by atoms with E-state index in [2.05, 4.69) is 5.32 Å². The van der Waals surface area contributed by atoms with Crippen LogP contribution in [-0.2, 0) is 0 Å². The molecule has 2 aromatic carbocycles. The Morgan fingerprint density at radius 2 is 1.88 bits per heavy atom. The van der Waals surface area contributed by atoms with Crippen molar-refractivity contribution in [2.24, 2.45) is 5.73 Å². The van der Waals surface area contributed by atoms with Crippen molar-refractivity contribution in [3.8, 4) is 5.75 Å². The maximum Gasteiger partial charge on any atom is 0.316 e. The summed E-state index contributed by atoms with van der Waals surface area (Å²) in [7, 11) is 1.72. The van der Waals surface area contributed by atoms with Gasteiger partial charge < -0.3 is 20.7 Å². The Morgan fingerprint density at radius 1 is 1.17 bits per heavy atom. The van der Waals surface area contributed by atoms with Crippen LogP contribution >= 0.6 is 0 Å². The van der Waals surface area contributed by atoms with Crippen LogP contribution in [0.3, 0.4) is 0 Å². The van der Waals surface area contributed by atoms with Crippen LogP contribution in [0, 0.1) is 6.92 Å². The maximum atomic E-state index is 12.3. The Bertz CT molecular complexity index is 714. The van der Waals surface area contributed by atoms with Crippen molar-refractivity contribution in [3.05, 3.63) is 59.7 Å². The van der Waals surface area contributed by atoms with E-state index < -0.39 is 6.03 Å². The predicted molar refractivity (Wildman–Crippen MR) is 93.3 cm³/mol. The number of urea groups is 1. The molecule has 2 rings (SSSR count). The number of amides is 3. The first kappa shape index (κ1) is 17.3. The molecule has 0 aliphatic heterocycles. The van der Waals surface area contributed by atoms with Crippen LogP contribution < -0.4 is 15.8 Å². The van der Waals surface area contributed by atoms with Crippen LogP contribution in [0.15, 0.2) is 48.5 Å². The number of nitrogens with two attached hydrogens (primary N) is 1. The normalized spacial score (nSPS) is 10.1. The fourth-order valence-electron chi connectivity index (χ4n) is 2.17. The topological polar surface area (TPSA) is 84.7 Å². The van der Waals surface area contributed by atoms with Gasteiger partial charge in [0.05, 0.1) is 6.54 Å². The molecule has 0 saturated heterocycles. The molecule has 3 N–H and O–H groups in total. The number of hydrogen-bond donors (Lipinski definition) is 2. The number of rotatable bonds is 6. The van der Waals surface area contributed by atoms with Crippen LogP contribution in [0.1, 0.15) is 15.9 Å². The Labute approximate surface area is 141 Å². The van der Waals surface area contributed by atoms with Crippen molar-refractivity contribution >= 4 is 17.6 Å². The van der Waals surface area contributed by atoms with E-state index in [-0.39, 0.29) is 5.91 Å². The zero-order chi connectivity index (χ0) is 17.5. The summed E-state index contributed by atoms with van der Waals surface area (Å²) in [6.45, 7) is 2.88. The molecular weight excluding hydrogens is 306 g/mol. The summed E-state index contributed by atoms with van der Waals surface area (Å²) in [5.74, 6) is 0.672. The van der Waals surface area contributed by atoms with E-state index >= 15 is 0 Å². The number of hydrogen-bond acceptors (Lipinski definition) is 3. The summed E-state index contributed by atoms with van der Waals surface area (Å²) in [6, 6.07) is 13.7. The number of likely N-dealkylation sites (N-methyl/N-ethyl adjacent to an activating group) is 1. The molecular formula is C18H21N3O3. The number of anilines is 1. The van der Waals surface area contributed by atoms with Gasteiger partial charge in [-0.1, -0.05) is 12.1 Å². The fourth-order valence-corrected chi connectivity index (χ4v) is 2.17. The average Bonchev–Trinajstić information content (AvgIpc) is 2.54. The summed E-state index contributed by atoms with van der Waals surface area (Å²) in [6.07, 6.45) is 0. The van der Waals surface area contributed by atoms with E-state index in [9.17, 15) is 9.59 Å². The first-order chi connectivity index (χ1) is 11.5. The minimum Gasteiger partial charge on any atom is -0.492 e. The lowest BCUT2D eigenvalue weighted by Gasteiger charge is -2.18. The van der Waals surface area contributed by atoms with Gasteiger partial charge >= 0.3 is 6.03 Å². The molecule has 126 valence electrons. The van der Waals surface area contributed by atoms with Gasteiger partial charge in [-0.3, -0.25) is 4.79 Å². The summed E-state index contributed by atoms with van der Waals surface area (Å²) < 4.78 is 5.65. The first-order valence-electron chi connectivity index (χ1n) is 7.57. The van der Waals surface area contributed by atoms with E-state index in [0.717, 1.165) is 11.3 Å². The van der Waals surface area contributed by atoms with Crippen molar-refractivity contribution in [1.82, 2.24) is 4.90 Å². The summed E-state index contributed by atoms with van der Waals surface area (Å²) >= 11 is 0. The van der Waals surface area contributed by atoms with Crippen LogP contribution in [0.2, 0.25) is 0 Å². The molecule has 0 aliphatic rings. The third kappa shape index (κ3) is 5.01. The van der Waals surface area contributed by atoms with Gasteiger partial charge in [0.1, 0.15) is 12.4 Å². The molecule has 6 heteroatoms. The minimum atomic E-state index is -0.639. The molecule has 0 radical (unpaired) electrons. The summed E-state index contributed by atoms with van der Waals surface area (Å²) in [5, 5.41) is 2.45. The van der Waals surface area contributed by atoms with Gasteiger partial charge in [0.2, 0.25) is 0 Å². The molecule has 0 atom stereocenters. The minimum absolute atomic E-state index is 0.117. The van der Waals surface area contributed by atoms with Gasteiger partial charge in [0, 0.05) is 18.3 Å². The van der Waals surface area contributed by atoms with Gasteiger partial charge in [0.15, 0.2) is 0 Å². The third-order valence-corrected chi connectivity index (χ3v) is 3.43. The lowest BCUT2D eigenvalue weighted by atomic mass is 10.2. The number of nitrogens with one attached hydrogen (secondary N) is 1. The van der Waals surface area contributed by atoms with Crippen LogP contribution in [-0.4, -0.2) is 37.0 Å². The monoisotopic (exact) mass is 327 g/mol. The number of ether oxygens (including phenoxy) is 1. The van der Waals surface area contributed by atoms with Crippen molar-refractivity contribution in [2.75, 3.05) is 25.5 Å². The number of benzene rings is 2. The molecule has 6 nitrogen and oxygen atoms in total. The molecule has 0 aromatic heterocycles.